The van der Waals surface area contributed by atoms with E-state index in [-0.39, 0.29) is 12.0 Å². The fourth-order valence-corrected chi connectivity index (χ4v) is 3.38. The zero-order valence-electron chi connectivity index (χ0n) is 12.9. The summed E-state index contributed by atoms with van der Waals surface area (Å²) in [7, 11) is 5.14. The lowest BCUT2D eigenvalue weighted by Crippen LogP contribution is -2.46. The van der Waals surface area contributed by atoms with Gasteiger partial charge in [-0.25, -0.2) is 13.5 Å². The first-order valence-corrected chi connectivity index (χ1v) is 8.05. The quantitative estimate of drug-likeness (QED) is 0.737. The first kappa shape index (κ1) is 16.0. The number of hydrogen-bond acceptors (Lipinski definition) is 4. The minimum absolute atomic E-state index is 0.207. The molecule has 1 aromatic heterocycles. The van der Waals surface area contributed by atoms with Gasteiger partial charge in [-0.1, -0.05) is 0 Å². The predicted molar refractivity (Wildman–Crippen MR) is 81.1 cm³/mol. The summed E-state index contributed by atoms with van der Waals surface area (Å²) in [6.07, 6.45) is 4.43. The molecule has 8 heteroatoms. The number of aromatic nitrogens is 2. The fourth-order valence-electron chi connectivity index (χ4n) is 2.29. The van der Waals surface area contributed by atoms with E-state index in [0.29, 0.717) is 18.1 Å². The molecule has 0 bridgehead atoms. The van der Waals surface area contributed by atoms with Gasteiger partial charge in [0.1, 0.15) is 0 Å². The van der Waals surface area contributed by atoms with Crippen molar-refractivity contribution in [3.8, 4) is 0 Å². The topological polar surface area (TPSA) is 67.7 Å². The Morgan fingerprint density at radius 1 is 1.38 bits per heavy atom. The molecule has 1 aliphatic rings. The molecule has 1 aliphatic heterocycles. The number of nitrogens with zero attached hydrogens (tertiary/aromatic N) is 4. The summed E-state index contributed by atoms with van der Waals surface area (Å²) in [4.78, 5) is 16.6. The summed E-state index contributed by atoms with van der Waals surface area (Å²) in [5.74, 6) is 0.256. The molecule has 1 amide bonds. The number of carbonyl (C=O) groups is 1. The Morgan fingerprint density at radius 3 is 2.76 bits per heavy atom. The highest BCUT2D eigenvalue weighted by molar-refractivity contribution is 7.84. The Hall–Kier alpha value is -1.41. The highest BCUT2D eigenvalue weighted by atomic mass is 32.2. The van der Waals surface area contributed by atoms with Gasteiger partial charge in [-0.15, -0.1) is 0 Å². The summed E-state index contributed by atoms with van der Waals surface area (Å²) in [6, 6.07) is 0. The Balaban J connectivity index is 2.02. The first-order valence-electron chi connectivity index (χ1n) is 6.99. The van der Waals surface area contributed by atoms with Gasteiger partial charge in [-0.2, -0.15) is 0 Å². The van der Waals surface area contributed by atoms with E-state index in [1.165, 1.54) is 8.61 Å². The number of imidazole rings is 1. The molecule has 0 fully saturated rings. The maximum Gasteiger partial charge on any atom is 0.287 e. The van der Waals surface area contributed by atoms with Crippen LogP contribution in [-0.4, -0.2) is 50.8 Å². The molecule has 118 valence electrons. The number of methoxy groups -OCH3 is 1. The van der Waals surface area contributed by atoms with Crippen molar-refractivity contribution in [1.29, 1.82) is 0 Å². The molecule has 2 atom stereocenters. The SMILES string of the molecule is COC(C)CCCCN1C(=O)c2c(ncn2C)N(C)S1=O. The monoisotopic (exact) mass is 314 g/mol. The Labute approximate surface area is 127 Å². The Bertz CT molecular complexity index is 546. The average molecular weight is 314 g/mol. The number of unbranched alkanes of at least 4 members (excludes halogenated alkanes) is 1. The van der Waals surface area contributed by atoms with Crippen LogP contribution < -0.4 is 4.31 Å². The molecule has 0 spiro atoms. The van der Waals surface area contributed by atoms with Crippen molar-refractivity contribution >= 4 is 22.9 Å². The van der Waals surface area contributed by atoms with Crippen LogP contribution in [0.1, 0.15) is 36.7 Å². The maximum absolute atomic E-state index is 12.5. The number of aryl methyl sites for hydroxylation is 1. The second-order valence-corrected chi connectivity index (χ2v) is 6.66. The third-order valence-corrected chi connectivity index (χ3v) is 5.06. The first-order chi connectivity index (χ1) is 9.97. The lowest BCUT2D eigenvalue weighted by molar-refractivity contribution is 0.0848. The van der Waals surface area contributed by atoms with E-state index in [2.05, 4.69) is 4.98 Å². The molecule has 2 unspecified atom stereocenters. The number of fused-ring (bicyclic) bond motifs is 1. The minimum Gasteiger partial charge on any atom is -0.382 e. The molecule has 0 N–H and O–H groups in total. The molecule has 0 radical (unpaired) electrons. The van der Waals surface area contributed by atoms with Gasteiger partial charge in [0.05, 0.1) is 12.4 Å². The van der Waals surface area contributed by atoms with E-state index in [9.17, 15) is 9.00 Å². The van der Waals surface area contributed by atoms with Crippen molar-refractivity contribution < 1.29 is 13.7 Å². The third-order valence-electron chi connectivity index (χ3n) is 3.69. The van der Waals surface area contributed by atoms with Crippen LogP contribution in [0.15, 0.2) is 6.33 Å². The van der Waals surface area contributed by atoms with Crippen molar-refractivity contribution in [1.82, 2.24) is 13.9 Å². The molecular formula is C13H22N4O3S. The smallest absolute Gasteiger partial charge is 0.287 e. The highest BCUT2D eigenvalue weighted by Gasteiger charge is 2.36. The van der Waals surface area contributed by atoms with Crippen LogP contribution in [0.25, 0.3) is 0 Å². The number of amides is 1. The minimum atomic E-state index is -1.51. The molecular weight excluding hydrogens is 292 g/mol. The van der Waals surface area contributed by atoms with E-state index >= 15 is 0 Å². The van der Waals surface area contributed by atoms with E-state index in [4.69, 9.17) is 4.74 Å². The van der Waals surface area contributed by atoms with Gasteiger partial charge in [0.2, 0.25) is 11.2 Å². The second-order valence-electron chi connectivity index (χ2n) is 5.21. The molecule has 2 rings (SSSR count). The van der Waals surface area contributed by atoms with Crippen LogP contribution in [0.4, 0.5) is 5.82 Å². The second kappa shape index (κ2) is 6.57. The van der Waals surface area contributed by atoms with Crippen LogP contribution >= 0.6 is 0 Å². The zero-order valence-corrected chi connectivity index (χ0v) is 13.7. The molecule has 7 nitrogen and oxygen atoms in total. The molecule has 0 aromatic carbocycles. The van der Waals surface area contributed by atoms with Crippen LogP contribution in [-0.2, 0) is 23.0 Å². The number of ether oxygens (including phenoxy) is 1. The van der Waals surface area contributed by atoms with E-state index in [1.54, 1.807) is 32.1 Å². The summed E-state index contributed by atoms with van der Waals surface area (Å²) < 4.78 is 22.2. The molecule has 1 aromatic rings. The van der Waals surface area contributed by atoms with Crippen molar-refractivity contribution in [2.75, 3.05) is 25.0 Å². The third kappa shape index (κ3) is 3.11. The highest BCUT2D eigenvalue weighted by Crippen LogP contribution is 2.27. The van der Waals surface area contributed by atoms with Crippen molar-refractivity contribution in [2.24, 2.45) is 7.05 Å². The fraction of sp³-hybridized carbons (Fsp3) is 0.692. The summed E-state index contributed by atoms with van der Waals surface area (Å²) in [6.45, 7) is 2.48. The van der Waals surface area contributed by atoms with E-state index < -0.39 is 11.2 Å². The van der Waals surface area contributed by atoms with Crippen molar-refractivity contribution in [3.63, 3.8) is 0 Å². The van der Waals surface area contributed by atoms with Crippen LogP contribution in [0.2, 0.25) is 0 Å². The van der Waals surface area contributed by atoms with E-state index in [0.717, 1.165) is 19.3 Å². The Morgan fingerprint density at radius 2 is 2.10 bits per heavy atom. The Kier molecular flexibility index (Phi) is 5.00. The van der Waals surface area contributed by atoms with Gasteiger partial charge in [-0.3, -0.25) is 9.10 Å². The van der Waals surface area contributed by atoms with Crippen LogP contribution in [0, 0.1) is 0 Å². The van der Waals surface area contributed by atoms with Crippen LogP contribution in [0.5, 0.6) is 0 Å². The molecule has 21 heavy (non-hydrogen) atoms. The number of hydrogen-bond donors (Lipinski definition) is 0. The van der Waals surface area contributed by atoms with E-state index in [1.807, 2.05) is 6.92 Å². The molecule has 0 saturated heterocycles. The van der Waals surface area contributed by atoms with Gasteiger partial charge >= 0.3 is 0 Å². The summed E-state index contributed by atoms with van der Waals surface area (Å²) in [5, 5.41) is 0. The zero-order chi connectivity index (χ0) is 15.6. The lowest BCUT2D eigenvalue weighted by Gasteiger charge is -2.31. The number of carbonyl (C=O) groups excluding carboxylic acids is 1. The molecule has 2 heterocycles. The predicted octanol–water partition coefficient (Wildman–Crippen LogP) is 1.10. The summed E-state index contributed by atoms with van der Waals surface area (Å²) >= 11 is -1.51. The maximum atomic E-state index is 12.5. The normalized spacial score (nSPS) is 19.8. The number of anilines is 1. The van der Waals surface area contributed by atoms with Crippen LogP contribution in [0.3, 0.4) is 0 Å². The van der Waals surface area contributed by atoms with Gasteiger partial charge < -0.3 is 9.30 Å². The molecule has 0 aliphatic carbocycles. The molecule has 0 saturated carbocycles. The lowest BCUT2D eigenvalue weighted by atomic mass is 10.2. The van der Waals surface area contributed by atoms with Crippen molar-refractivity contribution in [2.45, 2.75) is 32.3 Å². The van der Waals surface area contributed by atoms with Crippen molar-refractivity contribution in [3.05, 3.63) is 12.0 Å². The van der Waals surface area contributed by atoms with Gasteiger partial charge in [0, 0.05) is 27.7 Å². The van der Waals surface area contributed by atoms with Gasteiger partial charge in [0.15, 0.2) is 11.5 Å². The summed E-state index contributed by atoms with van der Waals surface area (Å²) in [5.41, 5.74) is 0.488. The standard InChI is InChI=1S/C13H22N4O3S/c1-10(20-4)7-5-6-8-17-13(18)11-12(14-9-15(11)2)16(3)21(17)19/h9-10H,5-8H2,1-4H3. The van der Waals surface area contributed by atoms with Gasteiger partial charge in [0.25, 0.3) is 5.91 Å². The largest absolute Gasteiger partial charge is 0.382 e. The van der Waals surface area contributed by atoms with Gasteiger partial charge in [-0.05, 0) is 26.2 Å². The average Bonchev–Trinajstić information content (AvgIpc) is 2.86. The number of rotatable bonds is 6.